The molecule has 6 heteroatoms. The molecule has 0 unspecified atom stereocenters. The Hall–Kier alpha value is -1.56. The summed E-state index contributed by atoms with van der Waals surface area (Å²) in [4.78, 5) is 14.3. The fourth-order valence-corrected chi connectivity index (χ4v) is 0.969. The highest BCUT2D eigenvalue weighted by Gasteiger charge is 2.13. The molecule has 0 atom stereocenters. The van der Waals surface area contributed by atoms with Crippen molar-refractivity contribution >= 4 is 5.91 Å². The largest absolute Gasteiger partial charge is 0.366 e. The highest BCUT2D eigenvalue weighted by atomic mass is 19.3. The zero-order chi connectivity index (χ0) is 10.7. The molecule has 1 heterocycles. The van der Waals surface area contributed by atoms with Crippen molar-refractivity contribution < 1.29 is 13.6 Å². The van der Waals surface area contributed by atoms with Gasteiger partial charge in [-0.1, -0.05) is 0 Å². The van der Waals surface area contributed by atoms with Gasteiger partial charge in [0.15, 0.2) is 0 Å². The maximum atomic E-state index is 12.3. The number of hydrogen-bond donors (Lipinski definition) is 2. The molecule has 0 saturated carbocycles. The van der Waals surface area contributed by atoms with Gasteiger partial charge < -0.3 is 11.5 Å². The molecule has 0 aliphatic rings. The van der Waals surface area contributed by atoms with Crippen molar-refractivity contribution in [2.75, 3.05) is 0 Å². The van der Waals surface area contributed by atoms with Gasteiger partial charge in [0, 0.05) is 12.1 Å². The van der Waals surface area contributed by atoms with E-state index in [1.165, 1.54) is 6.07 Å². The summed E-state index contributed by atoms with van der Waals surface area (Å²) in [5, 5.41) is 0. The molecule has 1 aromatic heterocycles. The average molecular weight is 201 g/mol. The summed E-state index contributed by atoms with van der Waals surface area (Å²) in [5.41, 5.74) is 9.91. The number of amides is 1. The second-order valence-electron chi connectivity index (χ2n) is 2.64. The first-order chi connectivity index (χ1) is 6.54. The van der Waals surface area contributed by atoms with Crippen LogP contribution in [0.15, 0.2) is 12.1 Å². The van der Waals surface area contributed by atoms with E-state index in [2.05, 4.69) is 4.98 Å². The SMILES string of the molecule is NCc1cc(C(N)=O)cc(C(F)F)n1. The Balaban J connectivity index is 3.20. The lowest BCUT2D eigenvalue weighted by molar-refractivity contribution is 0.0999. The normalized spacial score (nSPS) is 10.6. The predicted molar refractivity (Wildman–Crippen MR) is 45.6 cm³/mol. The number of hydrogen-bond acceptors (Lipinski definition) is 3. The molecule has 1 aromatic rings. The van der Waals surface area contributed by atoms with Gasteiger partial charge in [0.05, 0.1) is 5.69 Å². The Kier molecular flexibility index (Phi) is 3.08. The van der Waals surface area contributed by atoms with Crippen LogP contribution in [0, 0.1) is 0 Å². The molecular formula is C8H9F2N3O. The quantitative estimate of drug-likeness (QED) is 0.750. The van der Waals surface area contributed by atoms with E-state index in [9.17, 15) is 13.6 Å². The van der Waals surface area contributed by atoms with Gasteiger partial charge in [0.2, 0.25) is 5.91 Å². The van der Waals surface area contributed by atoms with Gasteiger partial charge in [-0.05, 0) is 12.1 Å². The summed E-state index contributed by atoms with van der Waals surface area (Å²) in [6.07, 6.45) is -2.74. The minimum absolute atomic E-state index is 0.00394. The van der Waals surface area contributed by atoms with Crippen LogP contribution < -0.4 is 11.5 Å². The maximum Gasteiger partial charge on any atom is 0.280 e. The summed E-state index contributed by atoms with van der Waals surface area (Å²) in [7, 11) is 0. The molecule has 0 aliphatic carbocycles. The number of rotatable bonds is 3. The standard InChI is InChI=1S/C8H9F2N3O/c9-7(10)6-2-4(8(12)14)1-5(3-11)13-6/h1-2,7H,3,11H2,(H2,12,14). The molecule has 4 nitrogen and oxygen atoms in total. The first-order valence-electron chi connectivity index (χ1n) is 3.83. The maximum absolute atomic E-state index is 12.3. The zero-order valence-corrected chi connectivity index (χ0v) is 7.21. The van der Waals surface area contributed by atoms with E-state index < -0.39 is 18.0 Å². The molecule has 0 bridgehead atoms. The third-order valence-electron chi connectivity index (χ3n) is 1.62. The Morgan fingerprint density at radius 3 is 2.57 bits per heavy atom. The molecule has 0 saturated heterocycles. The van der Waals surface area contributed by atoms with E-state index in [1.54, 1.807) is 0 Å². The summed E-state index contributed by atoms with van der Waals surface area (Å²) in [5.74, 6) is -0.774. The van der Waals surface area contributed by atoms with Gasteiger partial charge >= 0.3 is 0 Å². The Morgan fingerprint density at radius 1 is 1.50 bits per heavy atom. The van der Waals surface area contributed by atoms with E-state index in [0.29, 0.717) is 0 Å². The molecule has 0 radical (unpaired) electrons. The van der Waals surface area contributed by atoms with Crippen molar-refractivity contribution in [2.24, 2.45) is 11.5 Å². The Morgan fingerprint density at radius 2 is 2.14 bits per heavy atom. The van der Waals surface area contributed by atoms with Crippen molar-refractivity contribution in [3.63, 3.8) is 0 Å². The number of alkyl halides is 2. The van der Waals surface area contributed by atoms with Crippen LogP contribution in [0.2, 0.25) is 0 Å². The number of pyridine rings is 1. The van der Waals surface area contributed by atoms with E-state index in [1.807, 2.05) is 0 Å². The van der Waals surface area contributed by atoms with Gasteiger partial charge in [0.1, 0.15) is 5.69 Å². The molecular weight excluding hydrogens is 192 g/mol. The fourth-order valence-electron chi connectivity index (χ4n) is 0.969. The third-order valence-corrected chi connectivity index (χ3v) is 1.62. The molecule has 76 valence electrons. The third kappa shape index (κ3) is 2.23. The highest BCUT2D eigenvalue weighted by Crippen LogP contribution is 2.18. The number of halogens is 2. The van der Waals surface area contributed by atoms with E-state index in [-0.39, 0.29) is 17.8 Å². The zero-order valence-electron chi connectivity index (χ0n) is 7.21. The molecule has 0 aromatic carbocycles. The smallest absolute Gasteiger partial charge is 0.280 e. The van der Waals surface area contributed by atoms with Crippen LogP contribution in [-0.4, -0.2) is 10.9 Å². The number of carbonyl (C=O) groups excluding carboxylic acids is 1. The predicted octanol–water partition coefficient (Wildman–Crippen LogP) is 0.577. The van der Waals surface area contributed by atoms with Gasteiger partial charge in [0.25, 0.3) is 6.43 Å². The van der Waals surface area contributed by atoms with Crippen molar-refractivity contribution in [1.82, 2.24) is 4.98 Å². The minimum atomic E-state index is -2.74. The summed E-state index contributed by atoms with van der Waals surface area (Å²) in [6, 6.07) is 2.26. The number of primary amides is 1. The van der Waals surface area contributed by atoms with Crippen LogP contribution in [0.3, 0.4) is 0 Å². The number of aromatic nitrogens is 1. The van der Waals surface area contributed by atoms with Crippen molar-refractivity contribution in [3.8, 4) is 0 Å². The van der Waals surface area contributed by atoms with Crippen LogP contribution in [0.4, 0.5) is 8.78 Å². The highest BCUT2D eigenvalue weighted by molar-refractivity contribution is 5.92. The molecule has 0 aliphatic heterocycles. The van der Waals surface area contributed by atoms with Crippen LogP contribution in [0.25, 0.3) is 0 Å². The monoisotopic (exact) mass is 201 g/mol. The van der Waals surface area contributed by atoms with Crippen LogP contribution in [0.5, 0.6) is 0 Å². The second-order valence-corrected chi connectivity index (χ2v) is 2.64. The van der Waals surface area contributed by atoms with Gasteiger partial charge in [-0.15, -0.1) is 0 Å². The van der Waals surface area contributed by atoms with Crippen LogP contribution >= 0.6 is 0 Å². The molecule has 1 rings (SSSR count). The summed E-state index contributed by atoms with van der Waals surface area (Å²) in [6.45, 7) is -0.0131. The lowest BCUT2D eigenvalue weighted by Crippen LogP contribution is -2.14. The molecule has 0 spiro atoms. The van der Waals surface area contributed by atoms with Crippen molar-refractivity contribution in [2.45, 2.75) is 13.0 Å². The van der Waals surface area contributed by atoms with Crippen LogP contribution in [-0.2, 0) is 6.54 Å². The first-order valence-corrected chi connectivity index (χ1v) is 3.83. The number of nitrogens with zero attached hydrogens (tertiary/aromatic N) is 1. The first kappa shape index (κ1) is 10.5. The second kappa shape index (κ2) is 4.10. The number of carbonyl (C=O) groups is 1. The lowest BCUT2D eigenvalue weighted by atomic mass is 10.2. The van der Waals surface area contributed by atoms with Gasteiger partial charge in [-0.2, -0.15) is 0 Å². The molecule has 0 fully saturated rings. The Labute approximate surface area is 78.9 Å². The van der Waals surface area contributed by atoms with Gasteiger partial charge in [-0.3, -0.25) is 9.78 Å². The topological polar surface area (TPSA) is 82.0 Å². The van der Waals surface area contributed by atoms with E-state index in [0.717, 1.165) is 6.07 Å². The van der Waals surface area contributed by atoms with Gasteiger partial charge in [-0.25, -0.2) is 8.78 Å². The average Bonchev–Trinajstić information content (AvgIpc) is 2.16. The molecule has 14 heavy (non-hydrogen) atoms. The van der Waals surface area contributed by atoms with E-state index >= 15 is 0 Å². The van der Waals surface area contributed by atoms with Crippen molar-refractivity contribution in [3.05, 3.63) is 29.1 Å². The summed E-state index contributed by atoms with van der Waals surface area (Å²) < 4.78 is 24.5. The van der Waals surface area contributed by atoms with E-state index in [4.69, 9.17) is 11.5 Å². The number of nitrogens with two attached hydrogens (primary N) is 2. The fraction of sp³-hybridized carbons (Fsp3) is 0.250. The van der Waals surface area contributed by atoms with Crippen molar-refractivity contribution in [1.29, 1.82) is 0 Å². The minimum Gasteiger partial charge on any atom is -0.366 e. The molecule has 1 amide bonds. The summed E-state index contributed by atoms with van der Waals surface area (Å²) >= 11 is 0. The van der Waals surface area contributed by atoms with Crippen LogP contribution in [0.1, 0.15) is 28.2 Å². The molecule has 4 N–H and O–H groups in total. The Bertz CT molecular complexity index is 354. The lowest BCUT2D eigenvalue weighted by Gasteiger charge is -2.04.